The first kappa shape index (κ1) is 50.6. The summed E-state index contributed by atoms with van der Waals surface area (Å²) in [6, 6.07) is 13.4. The number of carbonyl (C=O) groups is 3. The minimum Gasteiger partial charge on any atom is -0.482 e. The second-order valence-corrected chi connectivity index (χ2v) is 20.5. The van der Waals surface area contributed by atoms with Crippen molar-refractivity contribution in [2.45, 2.75) is 111 Å². The molecule has 0 atom stereocenters. The summed E-state index contributed by atoms with van der Waals surface area (Å²) >= 11 is 0. The van der Waals surface area contributed by atoms with Gasteiger partial charge in [-0.05, 0) is 127 Å². The maximum absolute atomic E-state index is 15.7. The number of rotatable bonds is 18. The molecular weight excluding hydrogens is 870 g/mol. The molecule has 0 saturated carbocycles. The van der Waals surface area contributed by atoms with Crippen LogP contribution in [0.3, 0.4) is 0 Å². The Hall–Kier alpha value is -4.76. The second kappa shape index (κ2) is 18.7. The van der Waals surface area contributed by atoms with Crippen molar-refractivity contribution in [2.75, 3.05) is 26.5 Å². The second-order valence-electron chi connectivity index (χ2n) is 16.1. The van der Waals surface area contributed by atoms with Crippen LogP contribution in [0.2, 0.25) is 0 Å². The first-order chi connectivity index (χ1) is 27.7. The van der Waals surface area contributed by atoms with E-state index in [2.05, 4.69) is 0 Å². The van der Waals surface area contributed by atoms with Crippen LogP contribution in [-0.2, 0) is 42.3 Å². The highest BCUT2D eigenvalue weighted by Gasteiger charge is 2.78. The van der Waals surface area contributed by atoms with Crippen molar-refractivity contribution in [1.29, 1.82) is 0 Å². The number of esters is 3. The summed E-state index contributed by atoms with van der Waals surface area (Å²) in [5, 5.41) is -6.83. The van der Waals surface area contributed by atoms with Gasteiger partial charge in [0.1, 0.15) is 34.1 Å². The van der Waals surface area contributed by atoms with Crippen molar-refractivity contribution in [3.63, 3.8) is 0 Å². The Morgan fingerprint density at radius 2 is 0.820 bits per heavy atom. The van der Waals surface area contributed by atoms with Crippen LogP contribution in [0.25, 0.3) is 0 Å². The first-order valence-electron chi connectivity index (χ1n) is 18.1. The van der Waals surface area contributed by atoms with Crippen LogP contribution in [0.15, 0.2) is 87.5 Å². The van der Waals surface area contributed by atoms with Gasteiger partial charge >= 0.3 is 45.1 Å². The van der Waals surface area contributed by atoms with Gasteiger partial charge in [-0.2, -0.15) is 34.8 Å². The number of benzene rings is 3. The zero-order chi connectivity index (χ0) is 46.5. The van der Waals surface area contributed by atoms with Gasteiger partial charge in [0, 0.05) is 14.7 Å². The third-order valence-electron chi connectivity index (χ3n) is 7.24. The molecule has 0 radical (unpaired) electrons. The number of hydrogen-bond acceptors (Lipinski definition) is 12. The smallest absolute Gasteiger partial charge is 0.439 e. The summed E-state index contributed by atoms with van der Waals surface area (Å²) in [6.07, 6.45) is 0. The summed E-state index contributed by atoms with van der Waals surface area (Å²) in [5.74, 6) is -16.5. The summed E-state index contributed by atoms with van der Waals surface area (Å²) in [5.41, 5.74) is -2.87. The summed E-state index contributed by atoms with van der Waals surface area (Å²) < 4.78 is 168. The van der Waals surface area contributed by atoms with Gasteiger partial charge < -0.3 is 28.4 Å². The van der Waals surface area contributed by atoms with Crippen LogP contribution in [0.5, 0.6) is 17.2 Å². The lowest BCUT2D eigenvalue weighted by atomic mass is 10.2. The average Bonchev–Trinajstić information content (AvgIpc) is 3.12. The van der Waals surface area contributed by atoms with E-state index in [0.29, 0.717) is 0 Å². The van der Waals surface area contributed by atoms with Gasteiger partial charge in [-0.1, -0.05) is 18.2 Å². The van der Waals surface area contributed by atoms with E-state index in [4.69, 9.17) is 32.1 Å². The number of carbonyl (C=O) groups excluding carboxylic acids is 3. The lowest BCUT2D eigenvalue weighted by Crippen LogP contribution is -2.59. The average molecular weight is 917 g/mol. The molecule has 0 N–H and O–H groups in total. The largest absolute Gasteiger partial charge is 0.482 e. The van der Waals surface area contributed by atoms with Gasteiger partial charge in [-0.3, -0.25) is 0 Å². The Labute approximate surface area is 350 Å². The van der Waals surface area contributed by atoms with Crippen LogP contribution in [0.4, 0.5) is 30.7 Å². The first-order valence-corrected chi connectivity index (χ1v) is 21.0. The number of ether oxygens (including phenoxy) is 6. The quantitative estimate of drug-likeness (QED) is 0.0680. The van der Waals surface area contributed by atoms with Crippen molar-refractivity contribution >= 4 is 38.3 Å². The van der Waals surface area contributed by atoms with E-state index in [9.17, 15) is 44.8 Å². The lowest BCUT2D eigenvalue weighted by molar-refractivity contribution is -0.284. The maximum atomic E-state index is 15.7. The van der Waals surface area contributed by atoms with E-state index in [1.54, 1.807) is 62.3 Å². The van der Waals surface area contributed by atoms with Crippen molar-refractivity contribution in [2.24, 2.45) is 0 Å². The maximum Gasteiger partial charge on any atom is 0.439 e. The Morgan fingerprint density at radius 3 is 1.08 bits per heavy atom. The Morgan fingerprint density at radius 1 is 0.525 bits per heavy atom. The number of hydrogen-bond donors (Lipinski definition) is 0. The highest BCUT2D eigenvalue weighted by atomic mass is 32.3. The molecule has 12 nitrogen and oxygen atoms in total. The van der Waals surface area contributed by atoms with Gasteiger partial charge in [-0.25, -0.2) is 22.4 Å². The standard InChI is InChI=1S/C40H47F7O12S2/c1-35(2,3)56-32(48)22-53-26-13-10-16-29(19-26)60(59-61(51,52)40(46,47)39(44,45)38(42,43)25-41,30-17-11-14-27(20-30)54-23-33(49)57-36(4,5)6)31-18-12-15-28(21-31)55-24-34(50)58-37(7,8)9/h10-21H,22-25H2,1-9H3. The highest BCUT2D eigenvalue weighted by Crippen LogP contribution is 2.72. The fraction of sp³-hybridized carbons (Fsp3) is 0.475. The van der Waals surface area contributed by atoms with E-state index >= 15 is 8.78 Å². The molecule has 0 spiro atoms. The molecule has 0 aromatic heterocycles. The molecule has 0 aliphatic rings. The van der Waals surface area contributed by atoms with E-state index in [0.717, 1.165) is 36.4 Å². The molecule has 340 valence electrons. The molecule has 0 saturated heterocycles. The number of halogens is 7. The molecule has 0 amide bonds. The normalized spacial score (nSPS) is 13.5. The van der Waals surface area contributed by atoms with E-state index in [1.165, 1.54) is 36.4 Å². The van der Waals surface area contributed by atoms with Crippen molar-refractivity contribution in [3.8, 4) is 17.2 Å². The topological polar surface area (TPSA) is 150 Å². The van der Waals surface area contributed by atoms with E-state index in [1.807, 2.05) is 0 Å². The molecule has 3 rings (SSSR count). The zero-order valence-corrected chi connectivity index (χ0v) is 36.3. The van der Waals surface area contributed by atoms with Crippen LogP contribution in [-0.4, -0.2) is 86.7 Å². The predicted molar refractivity (Wildman–Crippen MR) is 207 cm³/mol. The van der Waals surface area contributed by atoms with Gasteiger partial charge in [0.15, 0.2) is 26.5 Å². The monoisotopic (exact) mass is 916 g/mol. The number of alkyl halides is 7. The molecule has 0 aliphatic carbocycles. The molecule has 0 unspecified atom stereocenters. The highest BCUT2D eigenvalue weighted by molar-refractivity contribution is 8.33. The third-order valence-corrected chi connectivity index (χ3v) is 12.4. The van der Waals surface area contributed by atoms with Crippen LogP contribution in [0.1, 0.15) is 62.3 Å². The third kappa shape index (κ3) is 13.1. The van der Waals surface area contributed by atoms with Gasteiger partial charge in [0.2, 0.25) is 0 Å². The predicted octanol–water partition coefficient (Wildman–Crippen LogP) is 9.22. The molecule has 21 heteroatoms. The van der Waals surface area contributed by atoms with E-state index in [-0.39, 0.29) is 17.2 Å². The molecule has 0 heterocycles. The van der Waals surface area contributed by atoms with Gasteiger partial charge in [0.25, 0.3) is 0 Å². The molecule has 3 aromatic carbocycles. The van der Waals surface area contributed by atoms with Gasteiger partial charge in [0.05, 0.1) is 0 Å². The fourth-order valence-corrected chi connectivity index (χ4v) is 10.2. The summed E-state index contributed by atoms with van der Waals surface area (Å²) in [4.78, 5) is 36.2. The van der Waals surface area contributed by atoms with Crippen molar-refractivity contribution in [1.82, 2.24) is 0 Å². The summed E-state index contributed by atoms with van der Waals surface area (Å²) in [7, 11) is -11.9. The Bertz CT molecular complexity index is 1960. The molecule has 0 fully saturated rings. The lowest BCUT2D eigenvalue weighted by Gasteiger charge is -2.41. The Balaban J connectivity index is 2.42. The SMILES string of the molecule is CC(C)(C)OC(=O)COc1cccc(S(OS(=O)(=O)C(F)(F)C(F)(F)C(F)(F)CF)(c2cccc(OCC(=O)OC(C)(C)C)c2)c2cccc(OCC(=O)OC(C)(C)C)c2)c1. The minimum absolute atomic E-state index is 0.267. The molecule has 61 heavy (non-hydrogen) atoms. The Kier molecular flexibility index (Phi) is 15.5. The van der Waals surface area contributed by atoms with Crippen molar-refractivity contribution in [3.05, 3.63) is 72.8 Å². The molecule has 0 aliphatic heterocycles. The van der Waals surface area contributed by atoms with Gasteiger partial charge in [-0.15, -0.1) is 0 Å². The van der Waals surface area contributed by atoms with E-state index < -0.39 is 113 Å². The zero-order valence-electron chi connectivity index (χ0n) is 34.6. The minimum atomic E-state index is -7.33. The summed E-state index contributed by atoms with van der Waals surface area (Å²) in [6.45, 7) is 8.48. The van der Waals surface area contributed by atoms with Crippen LogP contribution >= 0.6 is 10.3 Å². The molecule has 3 aromatic rings. The van der Waals surface area contributed by atoms with Crippen LogP contribution < -0.4 is 14.2 Å². The van der Waals surface area contributed by atoms with Crippen molar-refractivity contribution < 1.29 is 85.6 Å². The van der Waals surface area contributed by atoms with Crippen LogP contribution in [0, 0.1) is 0 Å². The molecule has 0 bridgehead atoms. The fourth-order valence-electron chi connectivity index (χ4n) is 4.93. The molecular formula is C40H47F7O12S2.